The van der Waals surface area contributed by atoms with Gasteiger partial charge in [0.15, 0.2) is 0 Å². The minimum Gasteiger partial charge on any atom is -0.349 e. The van der Waals surface area contributed by atoms with E-state index in [1.54, 1.807) is 12.3 Å². The van der Waals surface area contributed by atoms with Gasteiger partial charge >= 0.3 is 0 Å². The molecule has 1 spiro atoms. The highest BCUT2D eigenvalue weighted by Gasteiger charge is 2.52. The molecular weight excluding hydrogens is 266 g/mol. The maximum Gasteiger partial charge on any atom is 0.260 e. The van der Waals surface area contributed by atoms with Gasteiger partial charge in [0.05, 0.1) is 0 Å². The molecule has 1 heterocycles. The molecule has 2 fully saturated rings. The van der Waals surface area contributed by atoms with E-state index in [4.69, 9.17) is 5.73 Å². The molecule has 0 aliphatic heterocycles. The maximum absolute atomic E-state index is 12.3. The summed E-state index contributed by atoms with van der Waals surface area (Å²) in [4.78, 5) is 26.7. The van der Waals surface area contributed by atoms with Gasteiger partial charge in [-0.05, 0) is 55.6 Å². The summed E-state index contributed by atoms with van der Waals surface area (Å²) >= 11 is 0. The normalized spacial score (nSPS) is 31.1. The van der Waals surface area contributed by atoms with Crippen LogP contribution < -0.4 is 16.6 Å². The van der Waals surface area contributed by atoms with Crippen LogP contribution in [0.2, 0.25) is 0 Å². The molecule has 4 N–H and O–H groups in total. The highest BCUT2D eigenvalue weighted by molar-refractivity contribution is 5.94. The Morgan fingerprint density at radius 3 is 2.71 bits per heavy atom. The van der Waals surface area contributed by atoms with Crippen LogP contribution >= 0.6 is 0 Å². The molecule has 21 heavy (non-hydrogen) atoms. The predicted molar refractivity (Wildman–Crippen MR) is 81.2 cm³/mol. The lowest BCUT2D eigenvalue weighted by Crippen LogP contribution is -2.40. The van der Waals surface area contributed by atoms with Gasteiger partial charge in [0, 0.05) is 18.3 Å². The number of nitrogens with two attached hydrogens (primary N) is 1. The Balaban J connectivity index is 1.63. The van der Waals surface area contributed by atoms with Crippen LogP contribution in [0.5, 0.6) is 0 Å². The molecule has 2 aliphatic rings. The fourth-order valence-corrected chi connectivity index (χ4v) is 3.46. The number of pyridine rings is 1. The number of nitrogens with one attached hydrogen (secondary N) is 2. The summed E-state index contributed by atoms with van der Waals surface area (Å²) in [6, 6.07) is 2.22. The zero-order valence-electron chi connectivity index (χ0n) is 12.4. The number of rotatable bonds is 3. The van der Waals surface area contributed by atoms with E-state index in [1.807, 2.05) is 6.92 Å². The average molecular weight is 289 g/mol. The van der Waals surface area contributed by atoms with Gasteiger partial charge in [-0.15, -0.1) is 0 Å². The Hall–Kier alpha value is -1.62. The first-order valence-corrected chi connectivity index (χ1v) is 7.82. The van der Waals surface area contributed by atoms with E-state index >= 15 is 0 Å². The number of carbonyl (C=O) groups is 1. The summed E-state index contributed by atoms with van der Waals surface area (Å²) in [5.41, 5.74) is 7.22. The van der Waals surface area contributed by atoms with Crippen molar-refractivity contribution in [2.75, 3.05) is 0 Å². The van der Waals surface area contributed by atoms with Crippen molar-refractivity contribution >= 4 is 5.91 Å². The number of hydrogen-bond donors (Lipinski definition) is 3. The lowest BCUT2D eigenvalue weighted by Gasteiger charge is -2.29. The lowest BCUT2D eigenvalue weighted by atomic mass is 9.83. The van der Waals surface area contributed by atoms with E-state index in [-0.39, 0.29) is 23.1 Å². The van der Waals surface area contributed by atoms with Gasteiger partial charge in [0.25, 0.3) is 11.5 Å². The van der Waals surface area contributed by atoms with Gasteiger partial charge in [0.2, 0.25) is 0 Å². The van der Waals surface area contributed by atoms with Crippen LogP contribution in [0.4, 0.5) is 0 Å². The number of aryl methyl sites for hydroxylation is 1. The van der Waals surface area contributed by atoms with Gasteiger partial charge in [-0.1, -0.05) is 6.92 Å². The molecule has 5 heteroatoms. The van der Waals surface area contributed by atoms with Crippen LogP contribution in [-0.2, 0) is 6.42 Å². The Morgan fingerprint density at radius 2 is 2.14 bits per heavy atom. The Morgan fingerprint density at radius 1 is 1.48 bits per heavy atom. The Bertz CT molecular complexity index is 600. The zero-order chi connectivity index (χ0) is 15.0. The van der Waals surface area contributed by atoms with Crippen LogP contribution in [0.3, 0.4) is 0 Å². The minimum atomic E-state index is -0.318. The minimum absolute atomic E-state index is 0.167. The first-order chi connectivity index (χ1) is 10.0. The number of hydrogen-bond acceptors (Lipinski definition) is 3. The second-order valence-corrected chi connectivity index (χ2v) is 6.53. The van der Waals surface area contributed by atoms with Gasteiger partial charge < -0.3 is 16.0 Å². The molecule has 1 aromatic rings. The molecule has 5 nitrogen and oxygen atoms in total. The molecule has 114 valence electrons. The van der Waals surface area contributed by atoms with Gasteiger partial charge in [-0.2, -0.15) is 0 Å². The van der Waals surface area contributed by atoms with Gasteiger partial charge in [-0.3, -0.25) is 9.59 Å². The third-order valence-corrected chi connectivity index (χ3v) is 5.19. The quantitative estimate of drug-likeness (QED) is 0.784. The molecule has 0 aromatic carbocycles. The third-order valence-electron chi connectivity index (χ3n) is 5.19. The molecule has 0 bridgehead atoms. The first-order valence-electron chi connectivity index (χ1n) is 7.82. The third kappa shape index (κ3) is 2.75. The summed E-state index contributed by atoms with van der Waals surface area (Å²) in [5.74, 6) is -0.257. The fraction of sp³-hybridized carbons (Fsp3) is 0.625. The smallest absolute Gasteiger partial charge is 0.260 e. The standard InChI is InChI=1S/C16H23N3O2/c1-2-10-7-12(14(20)18-9-10)15(21)19-11-3-5-16(6-4-11)8-13(16)17/h7,9,11,13H,2-6,8,17H2,1H3,(H,18,20)(H,19,21). The largest absolute Gasteiger partial charge is 0.349 e. The fourth-order valence-electron chi connectivity index (χ4n) is 3.46. The van der Waals surface area contributed by atoms with E-state index in [1.165, 1.54) is 0 Å². The van der Waals surface area contributed by atoms with Crippen molar-refractivity contribution in [2.45, 2.75) is 57.5 Å². The number of amides is 1. The van der Waals surface area contributed by atoms with Crippen molar-refractivity contribution < 1.29 is 4.79 Å². The number of carbonyl (C=O) groups excluding carboxylic acids is 1. The van der Waals surface area contributed by atoms with Crippen LogP contribution in [0.15, 0.2) is 17.1 Å². The number of aromatic nitrogens is 1. The predicted octanol–water partition coefficient (Wildman–Crippen LogP) is 1.33. The molecule has 3 rings (SSSR count). The number of H-pyrrole nitrogens is 1. The van der Waals surface area contributed by atoms with Crippen molar-refractivity contribution in [1.82, 2.24) is 10.3 Å². The maximum atomic E-state index is 12.3. The van der Waals surface area contributed by atoms with Gasteiger partial charge in [0.1, 0.15) is 5.56 Å². The first kappa shape index (κ1) is 14.3. The van der Waals surface area contributed by atoms with E-state index in [0.29, 0.717) is 11.5 Å². The van der Waals surface area contributed by atoms with E-state index in [2.05, 4.69) is 10.3 Å². The van der Waals surface area contributed by atoms with Crippen molar-refractivity contribution in [3.8, 4) is 0 Å². The molecule has 0 radical (unpaired) electrons. The molecule has 2 saturated carbocycles. The summed E-state index contributed by atoms with van der Waals surface area (Å²) in [5, 5.41) is 3.01. The Kier molecular flexibility index (Phi) is 3.61. The topological polar surface area (TPSA) is 88.0 Å². The second-order valence-electron chi connectivity index (χ2n) is 6.53. The summed E-state index contributed by atoms with van der Waals surface area (Å²) in [6.45, 7) is 1.99. The summed E-state index contributed by atoms with van der Waals surface area (Å²) in [6.07, 6.45) is 7.69. The molecule has 1 amide bonds. The molecule has 2 aliphatic carbocycles. The van der Waals surface area contributed by atoms with Crippen molar-refractivity contribution in [1.29, 1.82) is 0 Å². The molecule has 1 atom stereocenters. The average Bonchev–Trinajstić information content (AvgIpc) is 3.11. The lowest BCUT2D eigenvalue weighted by molar-refractivity contribution is 0.0917. The molecular formula is C16H23N3O2. The van der Waals surface area contributed by atoms with E-state index < -0.39 is 0 Å². The Labute approximate surface area is 124 Å². The SMILES string of the molecule is CCc1c[nH]c(=O)c(C(=O)NC2CCC3(CC2)CC3N)c1. The van der Waals surface area contributed by atoms with Crippen molar-refractivity contribution in [2.24, 2.45) is 11.1 Å². The van der Waals surface area contributed by atoms with Crippen LogP contribution in [0, 0.1) is 5.41 Å². The molecule has 1 unspecified atom stereocenters. The summed E-state index contributed by atoms with van der Waals surface area (Å²) < 4.78 is 0. The van der Waals surface area contributed by atoms with Crippen LogP contribution in [0.25, 0.3) is 0 Å². The molecule has 1 aromatic heterocycles. The van der Waals surface area contributed by atoms with Crippen molar-refractivity contribution in [3.63, 3.8) is 0 Å². The summed E-state index contributed by atoms with van der Waals surface area (Å²) in [7, 11) is 0. The second kappa shape index (κ2) is 5.30. The van der Waals surface area contributed by atoms with Crippen LogP contribution in [-0.4, -0.2) is 23.0 Å². The number of aromatic amines is 1. The van der Waals surface area contributed by atoms with Crippen molar-refractivity contribution in [3.05, 3.63) is 33.7 Å². The monoisotopic (exact) mass is 289 g/mol. The van der Waals surface area contributed by atoms with Crippen LogP contribution in [0.1, 0.15) is 54.9 Å². The molecule has 0 saturated heterocycles. The highest BCUT2D eigenvalue weighted by atomic mass is 16.2. The highest BCUT2D eigenvalue weighted by Crippen LogP contribution is 2.54. The van der Waals surface area contributed by atoms with E-state index in [0.717, 1.165) is 44.1 Å². The van der Waals surface area contributed by atoms with E-state index in [9.17, 15) is 9.59 Å². The zero-order valence-corrected chi connectivity index (χ0v) is 12.4. The van der Waals surface area contributed by atoms with Gasteiger partial charge in [-0.25, -0.2) is 0 Å².